The van der Waals surface area contributed by atoms with Crippen molar-refractivity contribution >= 4 is 33.4 Å². The number of hydrogen-bond donors (Lipinski definition) is 5. The van der Waals surface area contributed by atoms with Crippen LogP contribution in [0.1, 0.15) is 200 Å². The zero-order valence-corrected chi connectivity index (χ0v) is 46.3. The number of carbonyl (C=O) groups is 2. The molecule has 0 bridgehead atoms. The lowest BCUT2D eigenvalue weighted by atomic mass is 9.99. The number of allylic oxidation sites excluding steroid dienone is 4. The molecule has 3 rings (SSSR count). The molecule has 6 N–H and O–H groups in total. The first-order valence-corrected chi connectivity index (χ1v) is 30.5. The molecule has 5 unspecified atom stereocenters. The Bertz CT molecular complexity index is 1970. The number of ether oxygens (including phenoxy) is 4. The van der Waals surface area contributed by atoms with Crippen molar-refractivity contribution in [3.05, 3.63) is 59.2 Å². The van der Waals surface area contributed by atoms with Crippen molar-refractivity contribution in [3.8, 4) is 0 Å². The Morgan fingerprint density at radius 2 is 1.28 bits per heavy atom. The summed E-state index contributed by atoms with van der Waals surface area (Å²) in [6.45, 7) is 4.44. The van der Waals surface area contributed by atoms with E-state index < -0.39 is 83.7 Å². The van der Waals surface area contributed by atoms with Crippen molar-refractivity contribution in [2.75, 3.05) is 25.6 Å². The minimum Gasteiger partial charge on any atom is -0.462 e. The van der Waals surface area contributed by atoms with Crippen LogP contribution in [0.15, 0.2) is 53.5 Å². The van der Waals surface area contributed by atoms with Crippen LogP contribution >= 0.6 is 15.6 Å². The molecule has 0 amide bonds. The molecule has 0 radical (unpaired) electrons. The van der Waals surface area contributed by atoms with E-state index in [1.54, 1.807) is 0 Å². The zero-order valence-electron chi connectivity index (χ0n) is 44.5. The lowest BCUT2D eigenvalue weighted by Gasteiger charge is -2.21. The SMILES string of the molecule is CCCCC/C=C\CC1OC1C/C=C\C/C=C\CCCC(=O)OC[C@H](COP(=O)(O)OP(=O)(O)OC[C@H]1O[C@@H](n2ccc(N)nc2=O)[C@H](O)[C@@H]1O)OC(=O)CCCCCCCCCCCCCCCCC(C)CC. The highest BCUT2D eigenvalue weighted by atomic mass is 31.3. The summed E-state index contributed by atoms with van der Waals surface area (Å²) in [6, 6.07) is 1.25. The Labute approximate surface area is 440 Å². The Kier molecular flexibility index (Phi) is 33.2. The van der Waals surface area contributed by atoms with Gasteiger partial charge in [-0.2, -0.15) is 9.29 Å². The molecule has 21 heteroatoms. The number of aliphatic hydroxyl groups is 2. The Balaban J connectivity index is 1.39. The first kappa shape index (κ1) is 65.2. The number of hydrogen-bond acceptors (Lipinski definition) is 16. The molecule has 2 fully saturated rings. The second-order valence-corrected chi connectivity index (χ2v) is 22.8. The molecule has 19 nitrogen and oxygen atoms in total. The van der Waals surface area contributed by atoms with Gasteiger partial charge in [0.1, 0.15) is 30.7 Å². The summed E-state index contributed by atoms with van der Waals surface area (Å²) in [4.78, 5) is 62.1. The predicted molar refractivity (Wildman–Crippen MR) is 284 cm³/mol. The second-order valence-electron chi connectivity index (χ2n) is 19.7. The molecule has 424 valence electrons. The Hall–Kier alpha value is -3.06. The molecule has 10 atom stereocenters. The van der Waals surface area contributed by atoms with Crippen molar-refractivity contribution in [2.45, 2.75) is 237 Å². The van der Waals surface area contributed by atoms with Gasteiger partial charge in [-0.1, -0.05) is 166 Å². The zero-order chi connectivity index (χ0) is 54.0. The number of nitrogens with two attached hydrogens (primary N) is 1. The van der Waals surface area contributed by atoms with Gasteiger partial charge in [0.15, 0.2) is 12.3 Å². The number of phosphoric acid groups is 2. The summed E-state index contributed by atoms with van der Waals surface area (Å²) < 4.78 is 62.6. The Morgan fingerprint density at radius 3 is 1.92 bits per heavy atom. The van der Waals surface area contributed by atoms with E-state index in [2.05, 4.69) is 54.4 Å². The van der Waals surface area contributed by atoms with Gasteiger partial charge in [-0.15, -0.1) is 0 Å². The minimum absolute atomic E-state index is 0.0381. The largest absolute Gasteiger partial charge is 0.481 e. The Morgan fingerprint density at radius 1 is 0.716 bits per heavy atom. The number of nitrogen functional groups attached to an aromatic ring is 1. The smallest absolute Gasteiger partial charge is 0.462 e. The molecule has 1 aromatic rings. The lowest BCUT2D eigenvalue weighted by molar-refractivity contribution is -0.161. The molecule has 3 heterocycles. The van der Waals surface area contributed by atoms with Crippen LogP contribution in [0.4, 0.5) is 5.82 Å². The first-order chi connectivity index (χ1) is 35.5. The molecule has 2 aliphatic rings. The quantitative estimate of drug-likeness (QED) is 0.0133. The van der Waals surface area contributed by atoms with E-state index in [9.17, 15) is 43.5 Å². The number of aliphatic hydroxyl groups excluding tert-OH is 2. The van der Waals surface area contributed by atoms with Crippen LogP contribution < -0.4 is 11.4 Å². The van der Waals surface area contributed by atoms with Gasteiger partial charge < -0.3 is 44.7 Å². The van der Waals surface area contributed by atoms with Crippen molar-refractivity contribution in [3.63, 3.8) is 0 Å². The molecule has 0 saturated carbocycles. The highest BCUT2D eigenvalue weighted by Crippen LogP contribution is 2.60. The minimum atomic E-state index is -5.44. The van der Waals surface area contributed by atoms with Crippen molar-refractivity contribution < 1.29 is 71.0 Å². The molecule has 0 aromatic carbocycles. The molecular formula is C53H91N3O16P2. The van der Waals surface area contributed by atoms with Crippen LogP contribution in [-0.4, -0.2) is 97.9 Å². The van der Waals surface area contributed by atoms with Gasteiger partial charge in [-0.3, -0.25) is 23.2 Å². The van der Waals surface area contributed by atoms with Crippen molar-refractivity contribution in [1.29, 1.82) is 0 Å². The van der Waals surface area contributed by atoms with Gasteiger partial charge in [0.05, 0.1) is 25.4 Å². The first-order valence-electron chi connectivity index (χ1n) is 27.5. The van der Waals surface area contributed by atoms with Crippen LogP contribution in [0.25, 0.3) is 0 Å². The number of nitrogens with zero attached hydrogens (tertiary/aromatic N) is 2. The number of unbranched alkanes of at least 4 members (excludes halogenated alkanes) is 17. The maximum Gasteiger partial charge on any atom is 0.481 e. The van der Waals surface area contributed by atoms with Crippen LogP contribution in [0.2, 0.25) is 0 Å². The van der Waals surface area contributed by atoms with E-state index in [0.717, 1.165) is 68.0 Å². The predicted octanol–water partition coefficient (Wildman–Crippen LogP) is 10.8. The number of esters is 2. The summed E-state index contributed by atoms with van der Waals surface area (Å²) in [5, 5.41) is 20.9. The normalized spacial score (nSPS) is 22.3. The fourth-order valence-electron chi connectivity index (χ4n) is 8.38. The molecule has 0 aliphatic carbocycles. The monoisotopic (exact) mass is 1090 g/mol. The van der Waals surface area contributed by atoms with Gasteiger partial charge in [0.2, 0.25) is 0 Å². The van der Waals surface area contributed by atoms with E-state index >= 15 is 0 Å². The van der Waals surface area contributed by atoms with E-state index in [-0.39, 0.29) is 24.8 Å². The highest BCUT2D eigenvalue weighted by Gasteiger charge is 2.46. The van der Waals surface area contributed by atoms with Gasteiger partial charge in [-0.25, -0.2) is 13.9 Å². The number of carbonyl (C=O) groups excluding carboxylic acids is 2. The average molecular weight is 1090 g/mol. The van der Waals surface area contributed by atoms with Crippen molar-refractivity contribution in [1.82, 2.24) is 9.55 Å². The molecular weight excluding hydrogens is 997 g/mol. The van der Waals surface area contributed by atoms with Crippen LogP contribution in [-0.2, 0) is 51.0 Å². The molecule has 2 aliphatic heterocycles. The van der Waals surface area contributed by atoms with Crippen LogP contribution in [0, 0.1) is 5.92 Å². The van der Waals surface area contributed by atoms with E-state index in [4.69, 9.17) is 33.7 Å². The number of aromatic nitrogens is 2. The number of phosphoric ester groups is 2. The summed E-state index contributed by atoms with van der Waals surface area (Å²) in [5.74, 6) is -0.522. The summed E-state index contributed by atoms with van der Waals surface area (Å²) >= 11 is 0. The third kappa shape index (κ3) is 29.5. The van der Waals surface area contributed by atoms with Gasteiger partial charge >= 0.3 is 33.3 Å². The highest BCUT2D eigenvalue weighted by molar-refractivity contribution is 7.61. The van der Waals surface area contributed by atoms with E-state index in [0.29, 0.717) is 25.4 Å². The lowest BCUT2D eigenvalue weighted by Crippen LogP contribution is -2.36. The number of epoxide rings is 1. The summed E-state index contributed by atoms with van der Waals surface area (Å²) in [7, 11) is -10.9. The molecule has 1 aromatic heterocycles. The van der Waals surface area contributed by atoms with E-state index in [1.165, 1.54) is 96.0 Å². The fourth-order valence-corrected chi connectivity index (χ4v) is 10.5. The van der Waals surface area contributed by atoms with Crippen LogP contribution in [0.5, 0.6) is 0 Å². The van der Waals surface area contributed by atoms with Crippen molar-refractivity contribution in [2.24, 2.45) is 5.92 Å². The average Bonchev–Trinajstić information content (AvgIpc) is 4.05. The maximum absolute atomic E-state index is 12.9. The van der Waals surface area contributed by atoms with Gasteiger partial charge in [-0.05, 0) is 63.4 Å². The van der Waals surface area contributed by atoms with Crippen LogP contribution in [0.3, 0.4) is 0 Å². The second kappa shape index (κ2) is 37.7. The maximum atomic E-state index is 12.9. The number of anilines is 1. The molecule has 0 spiro atoms. The van der Waals surface area contributed by atoms with E-state index in [1.807, 2.05) is 12.2 Å². The molecule has 2 saturated heterocycles. The summed E-state index contributed by atoms with van der Waals surface area (Å²) in [6.07, 6.45) is 33.9. The third-order valence-corrected chi connectivity index (χ3v) is 15.8. The fraction of sp³-hybridized carbons (Fsp3) is 0.774. The molecule has 74 heavy (non-hydrogen) atoms. The topological polar surface area (TPSA) is 278 Å². The standard InChI is InChI=1S/C53H91N3O16P2/c1-4-6-7-8-23-28-33-44-45(70-44)34-29-24-19-17-21-25-30-35-48(57)66-39-43(69-49(58)36-31-26-20-16-14-12-10-9-11-13-15-18-22-27-32-42(3)5-2)40-67-73(62,63)72-74(64,65)68-41-46-50(59)51(60)52(71-46)56-38-37-47(54)55-53(56)61/h17,21,23-24,28-29,37-38,42-46,50-52,59-60H,4-16,18-20,22,25-27,30-36,39-41H2,1-3H3,(H,62,63)(H,64,65)(H2,54,55,61)/b21-17-,28-23-,29-24-/t42?,43-,44?,45?,46-,50-,51-,52-/m1/s1. The van der Waals surface area contributed by atoms with Gasteiger partial charge in [0.25, 0.3) is 0 Å². The third-order valence-electron chi connectivity index (χ3n) is 13.2. The van der Waals surface area contributed by atoms with Gasteiger partial charge in [0, 0.05) is 19.0 Å². The number of rotatable bonds is 44. The summed E-state index contributed by atoms with van der Waals surface area (Å²) in [5.41, 5.74) is 4.59.